The molecule has 1 aromatic carbocycles. The van der Waals surface area contributed by atoms with Crippen molar-refractivity contribution in [2.24, 2.45) is 5.92 Å². The molecule has 1 unspecified atom stereocenters. The predicted molar refractivity (Wildman–Crippen MR) is 154 cm³/mol. The minimum absolute atomic E-state index is 0.00777. The number of fused-ring (bicyclic) bond motifs is 1. The Bertz CT molecular complexity index is 977. The molecule has 1 fully saturated rings. The highest BCUT2D eigenvalue weighted by atomic mass is 16.5. The van der Waals surface area contributed by atoms with Crippen LogP contribution in [0.3, 0.4) is 0 Å². The normalized spacial score (nSPS) is 22.2. The first-order valence-corrected chi connectivity index (χ1v) is 14.9. The Kier molecular flexibility index (Phi) is 13.2. The number of benzene rings is 1. The van der Waals surface area contributed by atoms with Crippen LogP contribution in [0.25, 0.3) is 0 Å². The van der Waals surface area contributed by atoms with Crippen LogP contribution in [0.2, 0.25) is 0 Å². The lowest BCUT2D eigenvalue weighted by molar-refractivity contribution is -0.129. The molecule has 0 spiro atoms. The maximum atomic E-state index is 13.2. The summed E-state index contributed by atoms with van der Waals surface area (Å²) in [5, 5.41) is 11.5. The predicted octanol–water partition coefficient (Wildman–Crippen LogP) is 2.38. The van der Waals surface area contributed by atoms with Gasteiger partial charge < -0.3 is 30.9 Å². The molecular weight excluding hydrogens is 510 g/mol. The minimum atomic E-state index is -0.908. The summed E-state index contributed by atoms with van der Waals surface area (Å²) in [5.41, 5.74) is 0.319. The average molecular weight is 558 g/mol. The van der Waals surface area contributed by atoms with E-state index in [0.717, 1.165) is 26.1 Å². The van der Waals surface area contributed by atoms with Gasteiger partial charge >= 0.3 is 0 Å². The molecule has 40 heavy (non-hydrogen) atoms. The van der Waals surface area contributed by atoms with E-state index in [1.54, 1.807) is 24.3 Å². The molecule has 2 aliphatic heterocycles. The Balaban J connectivity index is 1.68. The molecule has 0 radical (unpaired) electrons. The zero-order chi connectivity index (χ0) is 28.7. The van der Waals surface area contributed by atoms with Gasteiger partial charge in [0.15, 0.2) is 0 Å². The Labute approximate surface area is 238 Å². The van der Waals surface area contributed by atoms with Gasteiger partial charge in [0.25, 0.3) is 5.91 Å². The van der Waals surface area contributed by atoms with Crippen LogP contribution >= 0.6 is 0 Å². The molecule has 222 valence electrons. The lowest BCUT2D eigenvalue weighted by Gasteiger charge is -2.23. The SMILES string of the molecule is CC(C)CC1NC(=O)CC[C@@H](C(=O)NCCCN2CCCCCC2)NC(=O)c2ccccc2OCCCNC1=O. The number of hydrogen-bond donors (Lipinski definition) is 4. The molecule has 10 heteroatoms. The third kappa shape index (κ3) is 10.8. The van der Waals surface area contributed by atoms with Crippen LogP contribution < -0.4 is 26.0 Å². The van der Waals surface area contributed by atoms with Gasteiger partial charge in [0.2, 0.25) is 17.7 Å². The fourth-order valence-electron chi connectivity index (χ4n) is 5.12. The van der Waals surface area contributed by atoms with E-state index in [9.17, 15) is 19.2 Å². The largest absolute Gasteiger partial charge is 0.493 e. The molecule has 2 aliphatic rings. The van der Waals surface area contributed by atoms with Crippen LogP contribution in [0, 0.1) is 5.92 Å². The van der Waals surface area contributed by atoms with E-state index in [1.807, 2.05) is 13.8 Å². The van der Waals surface area contributed by atoms with Crippen molar-refractivity contribution >= 4 is 23.6 Å². The Hall–Kier alpha value is -3.14. The molecule has 2 atom stereocenters. The number of ether oxygens (including phenoxy) is 1. The number of rotatable bonds is 7. The van der Waals surface area contributed by atoms with Crippen molar-refractivity contribution < 1.29 is 23.9 Å². The van der Waals surface area contributed by atoms with Crippen molar-refractivity contribution in [1.29, 1.82) is 0 Å². The third-order valence-electron chi connectivity index (χ3n) is 7.30. The molecule has 0 saturated carbocycles. The summed E-state index contributed by atoms with van der Waals surface area (Å²) in [7, 11) is 0. The lowest BCUT2D eigenvalue weighted by atomic mass is 10.0. The minimum Gasteiger partial charge on any atom is -0.493 e. The molecule has 3 rings (SSSR count). The summed E-state index contributed by atoms with van der Waals surface area (Å²) in [4.78, 5) is 54.5. The van der Waals surface area contributed by atoms with Crippen molar-refractivity contribution in [3.05, 3.63) is 29.8 Å². The van der Waals surface area contributed by atoms with Gasteiger partial charge in [-0.3, -0.25) is 19.2 Å². The number of likely N-dealkylation sites (tertiary alicyclic amines) is 1. The van der Waals surface area contributed by atoms with Crippen LogP contribution in [-0.4, -0.2) is 79.9 Å². The standard InChI is InChI=1S/C30H47N5O5/c1-22(2)21-25-30(39)32-16-10-20-40-26-12-6-5-11-23(26)28(37)34-24(13-14-27(36)33-25)29(38)31-15-9-19-35-17-7-3-4-8-18-35/h5-6,11-12,22,24-25H,3-4,7-10,13-21H2,1-2H3,(H,31,38)(H,32,39)(H,33,36)(H,34,37)/t24-,25?/m0/s1. The lowest BCUT2D eigenvalue weighted by Crippen LogP contribution is -2.50. The molecule has 0 aliphatic carbocycles. The van der Waals surface area contributed by atoms with Crippen molar-refractivity contribution in [3.8, 4) is 5.75 Å². The zero-order valence-corrected chi connectivity index (χ0v) is 24.1. The second kappa shape index (κ2) is 16.8. The van der Waals surface area contributed by atoms with Crippen LogP contribution in [-0.2, 0) is 14.4 Å². The number of carbonyl (C=O) groups excluding carboxylic acids is 4. The average Bonchev–Trinajstić information content (AvgIpc) is 3.21. The van der Waals surface area contributed by atoms with E-state index < -0.39 is 18.0 Å². The monoisotopic (exact) mass is 557 g/mol. The topological polar surface area (TPSA) is 129 Å². The molecular formula is C30H47N5O5. The number of nitrogens with one attached hydrogen (secondary N) is 4. The van der Waals surface area contributed by atoms with E-state index in [1.165, 1.54) is 25.7 Å². The highest BCUT2D eigenvalue weighted by Crippen LogP contribution is 2.19. The maximum absolute atomic E-state index is 13.2. The Morgan fingerprint density at radius 2 is 1.80 bits per heavy atom. The van der Waals surface area contributed by atoms with E-state index in [4.69, 9.17) is 4.74 Å². The van der Waals surface area contributed by atoms with Gasteiger partial charge in [-0.25, -0.2) is 0 Å². The van der Waals surface area contributed by atoms with Gasteiger partial charge in [-0.15, -0.1) is 0 Å². The van der Waals surface area contributed by atoms with E-state index in [2.05, 4.69) is 26.2 Å². The molecule has 4 amide bonds. The number of nitrogens with zero attached hydrogens (tertiary/aromatic N) is 1. The fourth-order valence-corrected chi connectivity index (χ4v) is 5.12. The molecule has 1 aromatic rings. The second-order valence-electron chi connectivity index (χ2n) is 11.2. The van der Waals surface area contributed by atoms with Crippen molar-refractivity contribution in [2.75, 3.05) is 39.3 Å². The highest BCUT2D eigenvalue weighted by Gasteiger charge is 2.26. The van der Waals surface area contributed by atoms with Gasteiger partial charge in [-0.1, -0.05) is 38.8 Å². The molecule has 1 saturated heterocycles. The van der Waals surface area contributed by atoms with Crippen LogP contribution in [0.5, 0.6) is 5.75 Å². The number of carbonyl (C=O) groups is 4. The molecule has 2 heterocycles. The number of para-hydroxylation sites is 1. The molecule has 0 bridgehead atoms. The summed E-state index contributed by atoms with van der Waals surface area (Å²) in [6, 6.07) is 5.30. The number of hydrogen-bond acceptors (Lipinski definition) is 6. The number of amides is 4. The van der Waals surface area contributed by atoms with E-state index in [-0.39, 0.29) is 36.5 Å². The van der Waals surface area contributed by atoms with Gasteiger partial charge in [0.1, 0.15) is 17.8 Å². The molecule has 10 nitrogen and oxygen atoms in total. The smallest absolute Gasteiger partial charge is 0.255 e. The Morgan fingerprint density at radius 1 is 1.05 bits per heavy atom. The van der Waals surface area contributed by atoms with Gasteiger partial charge in [0, 0.05) is 19.5 Å². The summed E-state index contributed by atoms with van der Waals surface area (Å²) in [5.74, 6) is -0.711. The quantitative estimate of drug-likeness (QED) is 0.381. The van der Waals surface area contributed by atoms with E-state index >= 15 is 0 Å². The summed E-state index contributed by atoms with van der Waals surface area (Å²) < 4.78 is 5.86. The zero-order valence-electron chi connectivity index (χ0n) is 24.1. The molecule has 4 N–H and O–H groups in total. The van der Waals surface area contributed by atoms with Crippen LogP contribution in [0.4, 0.5) is 0 Å². The van der Waals surface area contributed by atoms with Gasteiger partial charge in [-0.2, -0.15) is 0 Å². The maximum Gasteiger partial charge on any atom is 0.255 e. The summed E-state index contributed by atoms with van der Waals surface area (Å²) in [6.07, 6.45) is 6.93. The van der Waals surface area contributed by atoms with E-state index in [0.29, 0.717) is 43.9 Å². The van der Waals surface area contributed by atoms with Crippen molar-refractivity contribution in [2.45, 2.75) is 83.7 Å². The van der Waals surface area contributed by atoms with Crippen LogP contribution in [0.15, 0.2) is 24.3 Å². The first-order chi connectivity index (χ1) is 19.3. The highest BCUT2D eigenvalue weighted by molar-refractivity contribution is 5.99. The van der Waals surface area contributed by atoms with Crippen molar-refractivity contribution in [3.63, 3.8) is 0 Å². The first kappa shape index (κ1) is 31.4. The first-order valence-electron chi connectivity index (χ1n) is 14.9. The van der Waals surface area contributed by atoms with Gasteiger partial charge in [-0.05, 0) is 76.2 Å². The van der Waals surface area contributed by atoms with Crippen molar-refractivity contribution in [1.82, 2.24) is 26.2 Å². The fraction of sp³-hybridized carbons (Fsp3) is 0.667. The van der Waals surface area contributed by atoms with Crippen LogP contribution in [0.1, 0.15) is 82.0 Å². The molecule has 0 aromatic heterocycles. The summed E-state index contributed by atoms with van der Waals surface area (Å²) >= 11 is 0. The second-order valence-corrected chi connectivity index (χ2v) is 11.2. The Morgan fingerprint density at radius 3 is 2.55 bits per heavy atom. The summed E-state index contributed by atoms with van der Waals surface area (Å²) in [6.45, 7) is 8.27. The van der Waals surface area contributed by atoms with Gasteiger partial charge in [0.05, 0.1) is 12.2 Å². The third-order valence-corrected chi connectivity index (χ3v) is 7.30.